The van der Waals surface area contributed by atoms with Crippen LogP contribution in [0.2, 0.25) is 0 Å². The van der Waals surface area contributed by atoms with Gasteiger partial charge in [-0.05, 0) is 51.0 Å². The van der Waals surface area contributed by atoms with Gasteiger partial charge in [0.1, 0.15) is 6.04 Å². The molecule has 132 valence electrons. The number of carbonyl (C=O) groups is 3. The molecule has 0 aliphatic heterocycles. The third-order valence-corrected chi connectivity index (χ3v) is 3.64. The second-order valence-corrected chi connectivity index (χ2v) is 5.66. The maximum absolute atomic E-state index is 12.0. The van der Waals surface area contributed by atoms with Crippen LogP contribution in [0.5, 0.6) is 0 Å². The highest BCUT2D eigenvalue weighted by molar-refractivity contribution is 5.95. The van der Waals surface area contributed by atoms with Gasteiger partial charge in [0.05, 0.1) is 12.7 Å². The minimum Gasteiger partial charge on any atom is -0.465 e. The summed E-state index contributed by atoms with van der Waals surface area (Å²) < 4.78 is 4.65. The number of hydrogen-bond acceptors (Lipinski definition) is 4. The largest absolute Gasteiger partial charge is 0.465 e. The molecule has 1 rings (SSSR count). The second-order valence-electron chi connectivity index (χ2n) is 5.66. The normalized spacial score (nSPS) is 12.7. The Bertz CT molecular complexity index is 616. The Morgan fingerprint density at radius 2 is 1.83 bits per heavy atom. The maximum atomic E-state index is 12.0. The van der Waals surface area contributed by atoms with E-state index in [4.69, 9.17) is 0 Å². The van der Waals surface area contributed by atoms with Gasteiger partial charge >= 0.3 is 12.0 Å². The average Bonchev–Trinajstić information content (AvgIpc) is 2.55. The molecule has 0 saturated carbocycles. The van der Waals surface area contributed by atoms with Crippen LogP contribution in [0, 0.1) is 6.92 Å². The zero-order valence-corrected chi connectivity index (χ0v) is 14.7. The molecule has 0 aliphatic carbocycles. The molecule has 7 heteroatoms. The predicted molar refractivity (Wildman–Crippen MR) is 92.0 cm³/mol. The fourth-order valence-corrected chi connectivity index (χ4v) is 1.94. The fourth-order valence-electron chi connectivity index (χ4n) is 1.94. The van der Waals surface area contributed by atoms with Gasteiger partial charge in [-0.25, -0.2) is 9.59 Å². The Morgan fingerprint density at radius 3 is 2.38 bits per heavy atom. The molecule has 0 aromatic heterocycles. The smallest absolute Gasteiger partial charge is 0.337 e. The standard InChI is InChI=1S/C17H25N3O4/c1-6-11(3)18-15(21)12(4)19-17(23)20-14-8-7-13(9-10(14)2)16(22)24-5/h7-9,11-12H,6H2,1-5H3,(H,18,21)(H2,19,20,23)/t11-,12+/m1/s1. The van der Waals surface area contributed by atoms with Crippen LogP contribution < -0.4 is 16.0 Å². The van der Waals surface area contributed by atoms with Crippen molar-refractivity contribution in [1.82, 2.24) is 10.6 Å². The highest BCUT2D eigenvalue weighted by Gasteiger charge is 2.17. The van der Waals surface area contributed by atoms with Crippen molar-refractivity contribution in [2.75, 3.05) is 12.4 Å². The van der Waals surface area contributed by atoms with E-state index < -0.39 is 18.0 Å². The van der Waals surface area contributed by atoms with Gasteiger partial charge < -0.3 is 20.7 Å². The van der Waals surface area contributed by atoms with Crippen LogP contribution in [0.1, 0.15) is 43.1 Å². The number of benzene rings is 1. The van der Waals surface area contributed by atoms with Gasteiger partial charge in [0, 0.05) is 11.7 Å². The quantitative estimate of drug-likeness (QED) is 0.694. The first-order valence-corrected chi connectivity index (χ1v) is 7.85. The zero-order chi connectivity index (χ0) is 18.3. The molecule has 7 nitrogen and oxygen atoms in total. The topological polar surface area (TPSA) is 96.5 Å². The summed E-state index contributed by atoms with van der Waals surface area (Å²) in [5.41, 5.74) is 1.67. The molecule has 0 aliphatic rings. The van der Waals surface area contributed by atoms with E-state index in [-0.39, 0.29) is 11.9 Å². The Labute approximate surface area is 142 Å². The van der Waals surface area contributed by atoms with E-state index in [0.29, 0.717) is 16.8 Å². The summed E-state index contributed by atoms with van der Waals surface area (Å²) in [6.45, 7) is 7.25. The van der Waals surface area contributed by atoms with Crippen molar-refractivity contribution in [2.45, 2.75) is 46.2 Å². The number of methoxy groups -OCH3 is 1. The molecule has 0 saturated heterocycles. The molecule has 1 aromatic rings. The molecule has 0 bridgehead atoms. The molecule has 0 spiro atoms. The average molecular weight is 335 g/mol. The minimum atomic E-state index is -0.659. The molecule has 24 heavy (non-hydrogen) atoms. The summed E-state index contributed by atoms with van der Waals surface area (Å²) in [6, 6.07) is 3.71. The SMILES string of the molecule is CC[C@@H](C)NC(=O)[C@H](C)NC(=O)Nc1ccc(C(=O)OC)cc1C. The van der Waals surface area contributed by atoms with E-state index in [2.05, 4.69) is 20.7 Å². The summed E-state index contributed by atoms with van der Waals surface area (Å²) in [4.78, 5) is 35.4. The minimum absolute atomic E-state index is 0.0536. The number of esters is 1. The highest BCUT2D eigenvalue weighted by atomic mass is 16.5. The number of urea groups is 1. The van der Waals surface area contributed by atoms with E-state index in [0.717, 1.165) is 6.42 Å². The molecule has 0 unspecified atom stereocenters. The lowest BCUT2D eigenvalue weighted by molar-refractivity contribution is -0.123. The Kier molecular flexibility index (Phi) is 7.23. The van der Waals surface area contributed by atoms with Crippen LogP contribution in [0.25, 0.3) is 0 Å². The van der Waals surface area contributed by atoms with E-state index >= 15 is 0 Å². The van der Waals surface area contributed by atoms with Gasteiger partial charge in [-0.2, -0.15) is 0 Å². The van der Waals surface area contributed by atoms with Crippen LogP contribution in [0.3, 0.4) is 0 Å². The Hall–Kier alpha value is -2.57. The van der Waals surface area contributed by atoms with Crippen molar-refractivity contribution in [2.24, 2.45) is 0 Å². The van der Waals surface area contributed by atoms with Crippen LogP contribution in [-0.2, 0) is 9.53 Å². The van der Waals surface area contributed by atoms with Crippen molar-refractivity contribution in [1.29, 1.82) is 0 Å². The van der Waals surface area contributed by atoms with Crippen LogP contribution in [-0.4, -0.2) is 37.1 Å². The van der Waals surface area contributed by atoms with E-state index in [1.807, 2.05) is 13.8 Å². The number of carbonyl (C=O) groups excluding carboxylic acids is 3. The van der Waals surface area contributed by atoms with Gasteiger partial charge in [0.15, 0.2) is 0 Å². The molecule has 0 radical (unpaired) electrons. The molecule has 0 fully saturated rings. The van der Waals surface area contributed by atoms with E-state index in [1.165, 1.54) is 7.11 Å². The van der Waals surface area contributed by atoms with E-state index in [1.54, 1.807) is 32.0 Å². The highest BCUT2D eigenvalue weighted by Crippen LogP contribution is 2.17. The third-order valence-electron chi connectivity index (χ3n) is 3.64. The number of aryl methyl sites for hydroxylation is 1. The van der Waals surface area contributed by atoms with Gasteiger partial charge in [-0.1, -0.05) is 6.92 Å². The zero-order valence-electron chi connectivity index (χ0n) is 14.7. The van der Waals surface area contributed by atoms with Crippen LogP contribution >= 0.6 is 0 Å². The maximum Gasteiger partial charge on any atom is 0.337 e. The lowest BCUT2D eigenvalue weighted by atomic mass is 10.1. The van der Waals surface area contributed by atoms with Gasteiger partial charge in [-0.15, -0.1) is 0 Å². The summed E-state index contributed by atoms with van der Waals surface area (Å²) >= 11 is 0. The van der Waals surface area contributed by atoms with Crippen LogP contribution in [0.4, 0.5) is 10.5 Å². The first-order chi connectivity index (χ1) is 11.3. The third kappa shape index (κ3) is 5.57. The number of ether oxygens (including phenoxy) is 1. The van der Waals surface area contributed by atoms with Crippen molar-refractivity contribution < 1.29 is 19.1 Å². The van der Waals surface area contributed by atoms with Gasteiger partial charge in [0.2, 0.25) is 5.91 Å². The summed E-state index contributed by atoms with van der Waals surface area (Å²) in [5, 5.41) is 8.05. The Morgan fingerprint density at radius 1 is 1.17 bits per heavy atom. The number of amides is 3. The lowest BCUT2D eigenvalue weighted by Gasteiger charge is -2.18. The first kappa shape index (κ1) is 19.5. The lowest BCUT2D eigenvalue weighted by Crippen LogP contribution is -2.48. The predicted octanol–water partition coefficient (Wildman–Crippen LogP) is 2.21. The molecular formula is C17H25N3O4. The number of nitrogens with one attached hydrogen (secondary N) is 3. The second kappa shape index (κ2) is 8.90. The Balaban J connectivity index is 2.65. The van der Waals surface area contributed by atoms with E-state index in [9.17, 15) is 14.4 Å². The number of hydrogen-bond donors (Lipinski definition) is 3. The first-order valence-electron chi connectivity index (χ1n) is 7.85. The summed E-state index contributed by atoms with van der Waals surface area (Å²) in [7, 11) is 1.31. The molecule has 2 atom stereocenters. The van der Waals surface area contributed by atoms with Gasteiger partial charge in [-0.3, -0.25) is 4.79 Å². The summed E-state index contributed by atoms with van der Waals surface area (Å²) in [6.07, 6.45) is 0.816. The van der Waals surface area contributed by atoms with Crippen molar-refractivity contribution in [3.05, 3.63) is 29.3 Å². The molecule has 1 aromatic carbocycles. The van der Waals surface area contributed by atoms with Crippen molar-refractivity contribution in [3.63, 3.8) is 0 Å². The monoisotopic (exact) mass is 335 g/mol. The fraction of sp³-hybridized carbons (Fsp3) is 0.471. The van der Waals surface area contributed by atoms with Crippen molar-refractivity contribution in [3.8, 4) is 0 Å². The summed E-state index contributed by atoms with van der Waals surface area (Å²) in [5.74, 6) is -0.679. The van der Waals surface area contributed by atoms with Crippen LogP contribution in [0.15, 0.2) is 18.2 Å². The molecular weight excluding hydrogens is 310 g/mol. The number of anilines is 1. The number of rotatable bonds is 6. The van der Waals surface area contributed by atoms with Crippen molar-refractivity contribution >= 4 is 23.6 Å². The molecule has 0 heterocycles. The molecule has 3 N–H and O–H groups in total. The molecule has 3 amide bonds. The van der Waals surface area contributed by atoms with Gasteiger partial charge in [0.25, 0.3) is 0 Å².